The highest BCUT2D eigenvalue weighted by Gasteiger charge is 2.29. The molecule has 3 rings (SSSR count). The lowest BCUT2D eigenvalue weighted by Gasteiger charge is -2.06. The summed E-state index contributed by atoms with van der Waals surface area (Å²) in [4.78, 5) is 12.5. The van der Waals surface area contributed by atoms with Crippen LogP contribution in [0.2, 0.25) is 0 Å². The molecule has 0 saturated heterocycles. The monoisotopic (exact) mass is 305 g/mol. The maximum absolute atomic E-state index is 12.5. The van der Waals surface area contributed by atoms with E-state index in [0.29, 0.717) is 22.8 Å². The van der Waals surface area contributed by atoms with Crippen LogP contribution in [-0.2, 0) is 0 Å². The number of ketones is 1. The molecule has 1 aliphatic heterocycles. The summed E-state index contributed by atoms with van der Waals surface area (Å²) in [5, 5.41) is 8.59. The van der Waals surface area contributed by atoms with E-state index >= 15 is 0 Å². The van der Waals surface area contributed by atoms with Crippen LogP contribution in [0.5, 0.6) is 11.5 Å². The van der Waals surface area contributed by atoms with Gasteiger partial charge in [0.25, 0.3) is 0 Å². The molecule has 4 heteroatoms. The van der Waals surface area contributed by atoms with Crippen molar-refractivity contribution in [2.24, 2.45) is 0 Å². The van der Waals surface area contributed by atoms with Gasteiger partial charge in [0.05, 0.1) is 5.56 Å². The summed E-state index contributed by atoms with van der Waals surface area (Å²) in [6.45, 7) is 3.79. The summed E-state index contributed by atoms with van der Waals surface area (Å²) in [6.07, 6.45) is 1.73. The first-order valence-corrected chi connectivity index (χ1v) is 7.24. The van der Waals surface area contributed by atoms with Crippen LogP contribution in [-0.4, -0.2) is 12.4 Å². The number of ether oxygens (including phenoxy) is 2. The number of nitriles is 1. The highest BCUT2D eigenvalue weighted by molar-refractivity contribution is 6.15. The van der Waals surface area contributed by atoms with E-state index < -0.39 is 0 Å². The highest BCUT2D eigenvalue weighted by Crippen LogP contribution is 2.37. The molecular formula is C19H15NO3. The molecule has 2 aromatic rings. The Balaban J connectivity index is 1.93. The largest absolute Gasteiger partial charge is 0.479 e. The third-order valence-corrected chi connectivity index (χ3v) is 3.62. The Morgan fingerprint density at radius 2 is 1.96 bits per heavy atom. The number of rotatable bonds is 3. The van der Waals surface area contributed by atoms with Crippen molar-refractivity contribution < 1.29 is 14.3 Å². The zero-order chi connectivity index (χ0) is 16.4. The standard InChI is InChI=1S/C19H15NO3/c1-12-3-5-14(6-4-12)10-17-19(21)18-13(2)9-15(22-8-7-20)11-16(18)23-17/h3-6,9-11H,8H2,1-2H3/b17-10-. The average Bonchev–Trinajstić information content (AvgIpc) is 2.84. The van der Waals surface area contributed by atoms with Crippen molar-refractivity contribution in [3.63, 3.8) is 0 Å². The smallest absolute Gasteiger partial charge is 0.232 e. The number of nitrogens with zero attached hydrogens (tertiary/aromatic N) is 1. The van der Waals surface area contributed by atoms with Crippen LogP contribution in [0.4, 0.5) is 0 Å². The Bertz CT molecular complexity index is 842. The fourth-order valence-corrected chi connectivity index (χ4v) is 2.49. The fraction of sp³-hybridized carbons (Fsp3) is 0.158. The van der Waals surface area contributed by atoms with Crippen molar-refractivity contribution in [3.8, 4) is 17.6 Å². The van der Waals surface area contributed by atoms with Crippen LogP contribution in [0, 0.1) is 25.2 Å². The molecule has 0 fully saturated rings. The van der Waals surface area contributed by atoms with Crippen molar-refractivity contribution >= 4 is 11.9 Å². The third kappa shape index (κ3) is 2.95. The summed E-state index contributed by atoms with van der Waals surface area (Å²) in [7, 11) is 0. The molecule has 0 aromatic heterocycles. The van der Waals surface area contributed by atoms with Crippen LogP contribution in [0.25, 0.3) is 6.08 Å². The van der Waals surface area contributed by atoms with E-state index in [-0.39, 0.29) is 12.4 Å². The van der Waals surface area contributed by atoms with E-state index in [1.807, 2.05) is 44.2 Å². The molecule has 0 N–H and O–H groups in total. The Hall–Kier alpha value is -3.06. The molecule has 4 nitrogen and oxygen atoms in total. The number of allylic oxidation sites excluding steroid dienone is 1. The van der Waals surface area contributed by atoms with Crippen molar-refractivity contribution in [1.29, 1.82) is 5.26 Å². The van der Waals surface area contributed by atoms with Gasteiger partial charge >= 0.3 is 0 Å². The second-order valence-electron chi connectivity index (χ2n) is 5.41. The zero-order valence-electron chi connectivity index (χ0n) is 12.9. The summed E-state index contributed by atoms with van der Waals surface area (Å²) < 4.78 is 11.0. The molecule has 0 radical (unpaired) electrons. The van der Waals surface area contributed by atoms with Gasteiger partial charge in [0.2, 0.25) is 5.78 Å². The highest BCUT2D eigenvalue weighted by atomic mass is 16.5. The number of benzene rings is 2. The lowest BCUT2D eigenvalue weighted by Crippen LogP contribution is -2.00. The average molecular weight is 305 g/mol. The van der Waals surface area contributed by atoms with Gasteiger partial charge in [0, 0.05) is 6.07 Å². The molecule has 1 aliphatic rings. The van der Waals surface area contributed by atoms with Gasteiger partial charge in [0.1, 0.15) is 17.6 Å². The first-order chi connectivity index (χ1) is 11.1. The predicted molar refractivity (Wildman–Crippen MR) is 86.4 cm³/mol. The van der Waals surface area contributed by atoms with Crippen molar-refractivity contribution in [2.45, 2.75) is 13.8 Å². The van der Waals surface area contributed by atoms with E-state index in [2.05, 4.69) is 0 Å². The Morgan fingerprint density at radius 1 is 1.22 bits per heavy atom. The quantitative estimate of drug-likeness (QED) is 0.809. The number of hydrogen-bond acceptors (Lipinski definition) is 4. The van der Waals surface area contributed by atoms with E-state index in [1.165, 1.54) is 0 Å². The minimum absolute atomic E-state index is 0.0434. The molecule has 0 aliphatic carbocycles. The minimum atomic E-state index is -0.134. The van der Waals surface area contributed by atoms with Gasteiger partial charge in [0.15, 0.2) is 12.4 Å². The molecular weight excluding hydrogens is 290 g/mol. The lowest BCUT2D eigenvalue weighted by atomic mass is 10.0. The maximum atomic E-state index is 12.5. The van der Waals surface area contributed by atoms with Crippen molar-refractivity contribution in [1.82, 2.24) is 0 Å². The molecule has 0 atom stereocenters. The van der Waals surface area contributed by atoms with Gasteiger partial charge in [-0.15, -0.1) is 0 Å². The van der Waals surface area contributed by atoms with Crippen molar-refractivity contribution in [2.75, 3.05) is 6.61 Å². The van der Waals surface area contributed by atoms with Crippen LogP contribution in [0.3, 0.4) is 0 Å². The molecule has 0 saturated carbocycles. The molecule has 0 bridgehead atoms. The number of aryl methyl sites for hydroxylation is 2. The summed E-state index contributed by atoms with van der Waals surface area (Å²) in [6, 6.07) is 13.2. The van der Waals surface area contributed by atoms with Gasteiger partial charge in [-0.3, -0.25) is 4.79 Å². The van der Waals surface area contributed by atoms with Gasteiger partial charge < -0.3 is 9.47 Å². The third-order valence-electron chi connectivity index (χ3n) is 3.62. The topological polar surface area (TPSA) is 59.3 Å². The number of fused-ring (bicyclic) bond motifs is 1. The minimum Gasteiger partial charge on any atom is -0.479 e. The van der Waals surface area contributed by atoms with E-state index in [4.69, 9.17) is 14.7 Å². The first-order valence-electron chi connectivity index (χ1n) is 7.24. The van der Waals surface area contributed by atoms with Crippen molar-refractivity contribution in [3.05, 3.63) is 64.4 Å². The van der Waals surface area contributed by atoms with Gasteiger partial charge in [-0.2, -0.15) is 5.26 Å². The molecule has 23 heavy (non-hydrogen) atoms. The number of carbonyl (C=O) groups excluding carboxylic acids is 1. The van der Waals surface area contributed by atoms with E-state index in [1.54, 1.807) is 18.2 Å². The predicted octanol–water partition coefficient (Wildman–Crippen LogP) is 3.82. The van der Waals surface area contributed by atoms with E-state index in [9.17, 15) is 4.79 Å². The second kappa shape index (κ2) is 5.98. The zero-order valence-corrected chi connectivity index (χ0v) is 12.9. The Morgan fingerprint density at radius 3 is 2.65 bits per heavy atom. The number of carbonyl (C=O) groups is 1. The molecule has 114 valence electrons. The lowest BCUT2D eigenvalue weighted by molar-refractivity contribution is 0.101. The van der Waals surface area contributed by atoms with Gasteiger partial charge in [-0.1, -0.05) is 29.8 Å². The number of Topliss-reactive ketones (excluding diaryl/α,β-unsaturated/α-hetero) is 1. The summed E-state index contributed by atoms with van der Waals surface area (Å²) >= 11 is 0. The Labute approximate surface area is 134 Å². The van der Waals surface area contributed by atoms with Crippen LogP contribution >= 0.6 is 0 Å². The van der Waals surface area contributed by atoms with Gasteiger partial charge in [-0.25, -0.2) is 0 Å². The fourth-order valence-electron chi connectivity index (χ4n) is 2.49. The number of hydrogen-bond donors (Lipinski definition) is 0. The first kappa shape index (κ1) is 14.9. The summed E-state index contributed by atoms with van der Waals surface area (Å²) in [5.74, 6) is 1.16. The van der Waals surface area contributed by atoms with Crippen LogP contribution in [0.1, 0.15) is 27.0 Å². The van der Waals surface area contributed by atoms with Crippen LogP contribution < -0.4 is 9.47 Å². The molecule has 0 unspecified atom stereocenters. The summed E-state index contributed by atoms with van der Waals surface area (Å²) in [5.41, 5.74) is 3.38. The molecule has 0 amide bonds. The van der Waals surface area contributed by atoms with Gasteiger partial charge in [-0.05, 0) is 37.1 Å². The second-order valence-corrected chi connectivity index (χ2v) is 5.41. The molecule has 2 aromatic carbocycles. The Kier molecular flexibility index (Phi) is 3.86. The maximum Gasteiger partial charge on any atom is 0.232 e. The van der Waals surface area contributed by atoms with Crippen LogP contribution in [0.15, 0.2) is 42.2 Å². The van der Waals surface area contributed by atoms with E-state index in [0.717, 1.165) is 16.7 Å². The normalized spacial score (nSPS) is 14.3. The SMILES string of the molecule is Cc1ccc(/C=C2\Oc3cc(OCC#N)cc(C)c3C2=O)cc1. The molecule has 1 heterocycles. The molecule has 0 spiro atoms.